The van der Waals surface area contributed by atoms with Gasteiger partial charge in [0, 0.05) is 0 Å². The third-order valence-electron chi connectivity index (χ3n) is 0.289. The predicted molar refractivity (Wildman–Crippen MR) is 23.1 cm³/mol. The van der Waals surface area contributed by atoms with Gasteiger partial charge in [-0.25, -0.2) is 0 Å². The second-order valence-electron chi connectivity index (χ2n) is 0.789. The van der Waals surface area contributed by atoms with Crippen LogP contribution in [0.1, 0.15) is 16.2 Å². The Bertz CT molecular complexity index is 10.8. The topological polar surface area (TPSA) is 0 Å². The molecule has 0 spiro atoms. The molecule has 0 aromatic carbocycles. The molecular weight excluding hydrogens is 106 g/mol. The van der Waals surface area contributed by atoms with Crippen molar-refractivity contribution in [2.75, 3.05) is 0 Å². The summed E-state index contributed by atoms with van der Waals surface area (Å²) in [4.78, 5) is 1.38. The van der Waals surface area contributed by atoms with Crippen LogP contribution in [0.2, 0.25) is 4.98 Å². The van der Waals surface area contributed by atoms with Gasteiger partial charge in [0.15, 0.2) is 0 Å². The molecule has 0 atom stereocenters. The molecule has 0 heterocycles. The quantitative estimate of drug-likeness (QED) is 0.450. The summed E-state index contributed by atoms with van der Waals surface area (Å²) in [5.41, 5.74) is 0. The Hall–Kier alpha value is 0.636. The molecule has 1 heteroatoms. The average molecular weight is 115 g/mol. The first kappa shape index (κ1) is 4.64. The van der Waals surface area contributed by atoms with E-state index in [0.29, 0.717) is 0 Å². The molecule has 2 radical (unpaired) electrons. The molecule has 0 aliphatic carbocycles. The van der Waals surface area contributed by atoms with Crippen LogP contribution in [-0.2, 0) is 0 Å². The van der Waals surface area contributed by atoms with Gasteiger partial charge in [-0.3, -0.25) is 0 Å². The molecule has 26 valence electrons. The SMILES string of the molecule is CC[CH2][Ga].[H-].[H-]. The second kappa shape index (κ2) is 3.64. The first-order valence-corrected chi connectivity index (χ1v) is 3.33. The van der Waals surface area contributed by atoms with E-state index in [2.05, 4.69) is 6.92 Å². The van der Waals surface area contributed by atoms with E-state index in [1.54, 1.807) is 0 Å². The summed E-state index contributed by atoms with van der Waals surface area (Å²) in [7, 11) is 0. The fraction of sp³-hybridized carbons (Fsp3) is 1.00. The van der Waals surface area contributed by atoms with Gasteiger partial charge in [-0.15, -0.1) is 0 Å². The molecule has 0 fully saturated rings. The summed E-state index contributed by atoms with van der Waals surface area (Å²) in [6.07, 6.45) is 1.35. The summed E-state index contributed by atoms with van der Waals surface area (Å²) in [6, 6.07) is 0. The van der Waals surface area contributed by atoms with Crippen molar-refractivity contribution in [2.24, 2.45) is 0 Å². The molecule has 0 aliphatic heterocycles. The van der Waals surface area contributed by atoms with Crippen molar-refractivity contribution in [1.82, 2.24) is 0 Å². The standard InChI is InChI=1S/C3H7.Ga.2H/c1-3-2;;;/h1,3H2,2H3;;;/q;;2*-1. The summed E-state index contributed by atoms with van der Waals surface area (Å²) < 4.78 is 0. The van der Waals surface area contributed by atoms with Gasteiger partial charge >= 0.3 is 36.9 Å². The Kier molecular flexibility index (Phi) is 4.21. The molecule has 0 amide bonds. The van der Waals surface area contributed by atoms with Gasteiger partial charge < -0.3 is 2.85 Å². The molecule has 0 N–H and O–H groups in total. The number of hydrogen-bond donors (Lipinski definition) is 0. The fourth-order valence-corrected chi connectivity index (χ4v) is 0. The van der Waals surface area contributed by atoms with Crippen molar-refractivity contribution in [3.05, 3.63) is 0 Å². The van der Waals surface area contributed by atoms with Crippen molar-refractivity contribution in [1.29, 1.82) is 0 Å². The third kappa shape index (κ3) is 2.64. The van der Waals surface area contributed by atoms with Crippen LogP contribution in [0.25, 0.3) is 0 Å². The van der Waals surface area contributed by atoms with E-state index in [1.165, 1.54) is 11.4 Å². The molecule has 0 aliphatic rings. The van der Waals surface area contributed by atoms with Crippen molar-refractivity contribution >= 4 is 18.6 Å². The fourth-order valence-electron chi connectivity index (χ4n) is 0. The molecule has 0 bridgehead atoms. The Morgan fingerprint density at radius 2 is 2.25 bits per heavy atom. The van der Waals surface area contributed by atoms with Gasteiger partial charge in [-0.05, 0) is 0 Å². The number of rotatable bonds is 1. The van der Waals surface area contributed by atoms with Crippen LogP contribution < -0.4 is 0 Å². The first-order valence-electron chi connectivity index (χ1n) is 1.62. The molecule has 4 heavy (non-hydrogen) atoms. The summed E-state index contributed by atoms with van der Waals surface area (Å²) in [5.74, 6) is 0. The van der Waals surface area contributed by atoms with Gasteiger partial charge in [-0.1, -0.05) is 0 Å². The van der Waals surface area contributed by atoms with Crippen molar-refractivity contribution in [3.8, 4) is 0 Å². The maximum Gasteiger partial charge on any atom is -1.00 e. The van der Waals surface area contributed by atoms with Gasteiger partial charge in [-0.2, -0.15) is 0 Å². The monoisotopic (exact) mass is 114 g/mol. The molecule has 0 aromatic heterocycles. The van der Waals surface area contributed by atoms with Crippen LogP contribution in [0, 0.1) is 0 Å². The minimum Gasteiger partial charge on any atom is -1.00 e. The Labute approximate surface area is 40.5 Å². The Morgan fingerprint density at radius 1 is 2.00 bits per heavy atom. The second-order valence-corrected chi connectivity index (χ2v) is 2.00. The average Bonchev–Trinajstić information content (AvgIpc) is 1.37. The first-order chi connectivity index (χ1) is 1.91. The van der Waals surface area contributed by atoms with E-state index in [0.717, 1.165) is 0 Å². The van der Waals surface area contributed by atoms with Crippen LogP contribution in [-0.4, -0.2) is 18.6 Å². The smallest absolute Gasteiger partial charge is 1.00 e. The predicted octanol–water partition coefficient (Wildman–Crippen LogP) is 1.21. The van der Waals surface area contributed by atoms with Crippen LogP contribution in [0.4, 0.5) is 0 Å². The van der Waals surface area contributed by atoms with E-state index >= 15 is 0 Å². The van der Waals surface area contributed by atoms with Crippen molar-refractivity contribution < 1.29 is 2.85 Å². The summed E-state index contributed by atoms with van der Waals surface area (Å²) >= 11 is 1.82. The van der Waals surface area contributed by atoms with E-state index in [1.807, 2.05) is 18.6 Å². The largest absolute Gasteiger partial charge is 1.00 e. The van der Waals surface area contributed by atoms with E-state index in [-0.39, 0.29) is 2.85 Å². The zero-order valence-corrected chi connectivity index (χ0v) is 5.41. The number of hydrogen-bond acceptors (Lipinski definition) is 0. The molecule has 0 saturated carbocycles. The summed E-state index contributed by atoms with van der Waals surface area (Å²) in [5, 5.41) is 0. The Balaban J connectivity index is -0.0000000450. The van der Waals surface area contributed by atoms with Crippen LogP contribution >= 0.6 is 0 Å². The molecule has 0 nitrogen and oxygen atoms in total. The normalized spacial score (nSPS) is 7.25. The van der Waals surface area contributed by atoms with E-state index < -0.39 is 0 Å². The molecular formula is C3H9Ga-2. The zero-order chi connectivity index (χ0) is 3.41. The molecule has 0 saturated heterocycles. The van der Waals surface area contributed by atoms with Gasteiger partial charge in [0.25, 0.3) is 0 Å². The van der Waals surface area contributed by atoms with Gasteiger partial charge in [0.05, 0.1) is 0 Å². The van der Waals surface area contributed by atoms with Crippen LogP contribution in [0.5, 0.6) is 0 Å². The maximum absolute atomic E-state index is 2.20. The Morgan fingerprint density at radius 3 is 2.25 bits per heavy atom. The molecule has 0 aromatic rings. The molecule has 0 rings (SSSR count). The minimum atomic E-state index is 0. The maximum atomic E-state index is 2.20. The van der Waals surface area contributed by atoms with Gasteiger partial charge in [0.2, 0.25) is 0 Å². The van der Waals surface area contributed by atoms with Crippen LogP contribution in [0.3, 0.4) is 0 Å². The zero-order valence-electron chi connectivity index (χ0n) is 4.99. The summed E-state index contributed by atoms with van der Waals surface area (Å²) in [6.45, 7) is 2.20. The van der Waals surface area contributed by atoms with Crippen LogP contribution in [0.15, 0.2) is 0 Å². The van der Waals surface area contributed by atoms with Crippen molar-refractivity contribution in [3.63, 3.8) is 0 Å². The van der Waals surface area contributed by atoms with Crippen molar-refractivity contribution in [2.45, 2.75) is 18.3 Å². The third-order valence-corrected chi connectivity index (χ3v) is 1.50. The molecule has 0 unspecified atom stereocenters. The van der Waals surface area contributed by atoms with E-state index in [4.69, 9.17) is 0 Å². The van der Waals surface area contributed by atoms with E-state index in [9.17, 15) is 0 Å². The minimum absolute atomic E-state index is 0. The van der Waals surface area contributed by atoms with Gasteiger partial charge in [0.1, 0.15) is 0 Å².